The van der Waals surface area contributed by atoms with Gasteiger partial charge in [-0.25, -0.2) is 8.78 Å². The summed E-state index contributed by atoms with van der Waals surface area (Å²) in [4.78, 5) is 19.6. The van der Waals surface area contributed by atoms with Crippen LogP contribution in [0.5, 0.6) is 5.75 Å². The van der Waals surface area contributed by atoms with Crippen LogP contribution >= 0.6 is 11.3 Å². The van der Waals surface area contributed by atoms with E-state index in [0.29, 0.717) is 49.1 Å². The van der Waals surface area contributed by atoms with Crippen molar-refractivity contribution in [1.82, 2.24) is 9.88 Å². The van der Waals surface area contributed by atoms with Gasteiger partial charge in [0.25, 0.3) is 0 Å². The highest BCUT2D eigenvalue weighted by Crippen LogP contribution is 2.41. The Hall–Kier alpha value is -3.02. The zero-order chi connectivity index (χ0) is 24.8. The molecule has 0 saturated carbocycles. The number of halogens is 2. The number of piperidine rings is 1. The molecule has 0 spiro atoms. The minimum absolute atomic E-state index is 0.00614. The Labute approximate surface area is 207 Å². The fourth-order valence-electron chi connectivity index (χ4n) is 4.68. The molecule has 0 radical (unpaired) electrons. The number of alkyl halides is 2. The number of aromatic nitrogens is 1. The molecule has 0 amide bonds. The second-order valence-corrected chi connectivity index (χ2v) is 9.81. The molecule has 1 N–H and O–H groups in total. The van der Waals surface area contributed by atoms with E-state index in [1.807, 2.05) is 17.5 Å². The molecule has 3 aromatic rings. The second kappa shape index (κ2) is 11.1. The summed E-state index contributed by atoms with van der Waals surface area (Å²) >= 11 is 1.59. The van der Waals surface area contributed by atoms with Crippen LogP contribution in [0.3, 0.4) is 0 Å². The Kier molecular flexibility index (Phi) is 7.99. The molecule has 1 fully saturated rings. The Morgan fingerprint density at radius 2 is 2.14 bits per heavy atom. The van der Waals surface area contributed by atoms with E-state index in [4.69, 9.17) is 4.74 Å². The Balaban J connectivity index is 1.46. The number of carbonyl (C=O) groups is 1. The van der Waals surface area contributed by atoms with Crippen molar-refractivity contribution in [1.29, 1.82) is 0 Å². The Bertz CT molecular complexity index is 1220. The van der Waals surface area contributed by atoms with E-state index in [-0.39, 0.29) is 24.0 Å². The molecule has 1 saturated heterocycles. The zero-order valence-corrected chi connectivity index (χ0v) is 20.4. The molecule has 0 aliphatic carbocycles. The van der Waals surface area contributed by atoms with Gasteiger partial charge < -0.3 is 9.84 Å². The number of hydrogen-bond donors (Lipinski definition) is 1. The molecular weight excluding hydrogens is 470 g/mol. The maximum Gasteiger partial charge on any atom is 0.309 e. The van der Waals surface area contributed by atoms with Crippen LogP contribution in [0.15, 0.2) is 41.9 Å². The number of methoxy groups -OCH3 is 1. The van der Waals surface area contributed by atoms with Crippen molar-refractivity contribution in [3.8, 4) is 17.6 Å². The molecule has 1 aliphatic heterocycles. The zero-order valence-electron chi connectivity index (χ0n) is 19.6. The molecule has 0 bridgehead atoms. The Morgan fingerprint density at radius 3 is 2.80 bits per heavy atom. The third kappa shape index (κ3) is 5.63. The number of ether oxygens (including phenoxy) is 1. The number of thiophene rings is 1. The Morgan fingerprint density at radius 1 is 1.34 bits per heavy atom. The van der Waals surface area contributed by atoms with Crippen LogP contribution in [0.1, 0.15) is 47.9 Å². The van der Waals surface area contributed by atoms with Crippen LogP contribution in [0.25, 0.3) is 10.9 Å². The van der Waals surface area contributed by atoms with Crippen molar-refractivity contribution < 1.29 is 23.4 Å². The molecule has 2 aromatic heterocycles. The van der Waals surface area contributed by atoms with E-state index in [2.05, 4.69) is 21.7 Å². The summed E-state index contributed by atoms with van der Waals surface area (Å²) < 4.78 is 34.7. The summed E-state index contributed by atoms with van der Waals surface area (Å²) in [6.45, 7) is 0.909. The predicted octanol–water partition coefficient (Wildman–Crippen LogP) is 5.78. The van der Waals surface area contributed by atoms with Crippen LogP contribution in [0, 0.1) is 17.3 Å². The van der Waals surface area contributed by atoms with Crippen LogP contribution in [0.4, 0.5) is 8.78 Å². The number of pyridine rings is 1. The lowest BCUT2D eigenvalue weighted by atomic mass is 9.74. The molecule has 8 heteroatoms. The summed E-state index contributed by atoms with van der Waals surface area (Å²) in [5, 5.41) is 12.5. The molecule has 4 rings (SSSR count). The van der Waals surface area contributed by atoms with E-state index in [1.54, 1.807) is 29.5 Å². The predicted molar refractivity (Wildman–Crippen MR) is 133 cm³/mol. The van der Waals surface area contributed by atoms with Crippen LogP contribution in [-0.2, 0) is 11.5 Å². The number of nitrogens with zero attached hydrogens (tertiary/aromatic N) is 2. The molecule has 3 heterocycles. The van der Waals surface area contributed by atoms with Gasteiger partial charge in [0.2, 0.25) is 0 Å². The first-order valence-corrected chi connectivity index (χ1v) is 12.5. The number of benzene rings is 1. The maximum absolute atomic E-state index is 15.7. The van der Waals surface area contributed by atoms with Crippen molar-refractivity contribution in [3.63, 3.8) is 0 Å². The number of rotatable bonds is 8. The van der Waals surface area contributed by atoms with Gasteiger partial charge in [-0.15, -0.1) is 11.3 Å². The largest absolute Gasteiger partial charge is 0.497 e. The van der Waals surface area contributed by atoms with Crippen molar-refractivity contribution in [3.05, 3.63) is 57.9 Å². The van der Waals surface area contributed by atoms with E-state index in [0.717, 1.165) is 4.88 Å². The average molecular weight is 499 g/mol. The third-order valence-electron chi connectivity index (χ3n) is 6.84. The SMILES string of the molecule is COc1ccc2ncc(CF)c([C@H](F)CCC3(C(=O)O)CCN(CC#Cc4cccs4)CC3)c2c1. The van der Waals surface area contributed by atoms with Gasteiger partial charge in [0.15, 0.2) is 0 Å². The molecule has 1 aromatic carbocycles. The van der Waals surface area contributed by atoms with Crippen molar-refractivity contribution in [2.24, 2.45) is 5.41 Å². The first kappa shape index (κ1) is 25.1. The number of carboxylic acids is 1. The second-order valence-electron chi connectivity index (χ2n) is 8.86. The highest BCUT2D eigenvalue weighted by Gasteiger charge is 2.41. The number of fused-ring (bicyclic) bond motifs is 1. The minimum Gasteiger partial charge on any atom is -0.497 e. The lowest BCUT2D eigenvalue weighted by Gasteiger charge is -2.38. The maximum atomic E-state index is 15.7. The summed E-state index contributed by atoms with van der Waals surface area (Å²) in [5.41, 5.74) is -0.0381. The first-order valence-electron chi connectivity index (χ1n) is 11.6. The molecule has 0 unspecified atom stereocenters. The third-order valence-corrected chi connectivity index (χ3v) is 7.62. The van der Waals surface area contributed by atoms with E-state index in [9.17, 15) is 14.3 Å². The fourth-order valence-corrected chi connectivity index (χ4v) is 5.27. The molecule has 35 heavy (non-hydrogen) atoms. The fraction of sp³-hybridized carbons (Fsp3) is 0.407. The van der Waals surface area contributed by atoms with Crippen molar-refractivity contribution in [2.45, 2.75) is 38.5 Å². The van der Waals surface area contributed by atoms with Gasteiger partial charge >= 0.3 is 5.97 Å². The van der Waals surface area contributed by atoms with Crippen LogP contribution < -0.4 is 4.74 Å². The molecule has 1 atom stereocenters. The van der Waals surface area contributed by atoms with Gasteiger partial charge in [0, 0.05) is 35.8 Å². The van der Waals surface area contributed by atoms with Gasteiger partial charge in [-0.2, -0.15) is 0 Å². The van der Waals surface area contributed by atoms with E-state index < -0.39 is 24.2 Å². The topological polar surface area (TPSA) is 62.7 Å². The minimum atomic E-state index is -1.51. The smallest absolute Gasteiger partial charge is 0.309 e. The van der Waals surface area contributed by atoms with Gasteiger partial charge in [0.1, 0.15) is 18.6 Å². The monoisotopic (exact) mass is 498 g/mol. The standard InChI is InChI=1S/C27H28F2N2O3S/c1-34-20-6-7-24-22(16-20)25(19(17-28)18-30-24)23(29)8-9-27(26(32)33)10-13-31(14-11-27)12-2-4-21-5-3-15-35-21/h3,5-7,15-16,18,23H,8-14,17H2,1H3,(H,32,33)/t23-/m1/s1. The summed E-state index contributed by atoms with van der Waals surface area (Å²) in [7, 11) is 1.51. The van der Waals surface area contributed by atoms with Crippen molar-refractivity contribution >= 4 is 28.2 Å². The van der Waals surface area contributed by atoms with Crippen molar-refractivity contribution in [2.75, 3.05) is 26.7 Å². The molecule has 1 aliphatic rings. The summed E-state index contributed by atoms with van der Waals surface area (Å²) in [6, 6.07) is 9.01. The average Bonchev–Trinajstić information content (AvgIpc) is 3.40. The van der Waals surface area contributed by atoms with E-state index >= 15 is 4.39 Å². The van der Waals surface area contributed by atoms with Crippen LogP contribution in [-0.4, -0.2) is 47.7 Å². The lowest BCUT2D eigenvalue weighted by Crippen LogP contribution is -2.44. The van der Waals surface area contributed by atoms with Gasteiger partial charge in [0.05, 0.1) is 29.5 Å². The van der Waals surface area contributed by atoms with Gasteiger partial charge in [-0.1, -0.05) is 17.9 Å². The molecular formula is C27H28F2N2O3S. The first-order chi connectivity index (χ1) is 17.0. The summed E-state index contributed by atoms with van der Waals surface area (Å²) in [6.07, 6.45) is 0.877. The van der Waals surface area contributed by atoms with Gasteiger partial charge in [-0.05, 0) is 55.3 Å². The highest BCUT2D eigenvalue weighted by atomic mass is 32.1. The number of hydrogen-bond acceptors (Lipinski definition) is 5. The molecule has 5 nitrogen and oxygen atoms in total. The highest BCUT2D eigenvalue weighted by molar-refractivity contribution is 7.10. The van der Waals surface area contributed by atoms with Gasteiger partial charge in [-0.3, -0.25) is 14.7 Å². The summed E-state index contributed by atoms with van der Waals surface area (Å²) in [5.74, 6) is 5.90. The van der Waals surface area contributed by atoms with E-state index in [1.165, 1.54) is 13.3 Å². The number of carboxylic acid groups (broad SMARTS) is 1. The lowest BCUT2D eigenvalue weighted by molar-refractivity contribution is -0.152. The molecule has 184 valence electrons. The van der Waals surface area contributed by atoms with Crippen LogP contribution in [0.2, 0.25) is 0 Å². The number of aliphatic carboxylic acids is 1. The number of likely N-dealkylation sites (tertiary alicyclic amines) is 1. The normalized spacial score (nSPS) is 16.4. The quantitative estimate of drug-likeness (QED) is 0.399.